The number of aliphatic imine (C=N–C) groups is 1. The molecule has 118 valence electrons. The molecule has 2 aliphatic rings. The van der Waals surface area contributed by atoms with Crippen LogP contribution < -0.4 is 11.1 Å². The van der Waals surface area contributed by atoms with E-state index in [0.29, 0.717) is 18.5 Å². The third-order valence-electron chi connectivity index (χ3n) is 4.08. The van der Waals surface area contributed by atoms with Crippen molar-refractivity contribution < 1.29 is 0 Å². The van der Waals surface area contributed by atoms with Crippen molar-refractivity contribution in [1.82, 2.24) is 25.5 Å². The van der Waals surface area contributed by atoms with Crippen LogP contribution in [0.25, 0.3) is 0 Å². The fraction of sp³-hybridized carbons (Fsp3) is 0.846. The maximum absolute atomic E-state index is 5.95. The predicted molar refractivity (Wildman–Crippen MR) is 91.3 cm³/mol. The second kappa shape index (κ2) is 7.90. The molecule has 7 nitrogen and oxygen atoms in total. The highest BCUT2D eigenvalue weighted by Gasteiger charge is 2.23. The van der Waals surface area contributed by atoms with Gasteiger partial charge >= 0.3 is 0 Å². The topological polar surface area (TPSA) is 94.0 Å². The van der Waals surface area contributed by atoms with Crippen molar-refractivity contribution >= 4 is 29.9 Å². The molecule has 0 atom stereocenters. The minimum absolute atomic E-state index is 0. The number of nitrogens with zero attached hydrogens (tertiary/aromatic N) is 5. The van der Waals surface area contributed by atoms with Gasteiger partial charge < -0.3 is 11.1 Å². The van der Waals surface area contributed by atoms with Crippen molar-refractivity contribution in [2.45, 2.75) is 64.1 Å². The summed E-state index contributed by atoms with van der Waals surface area (Å²) in [6, 6.07) is 0.481. The standard InChI is InChI=1S/C13H23N7.HI/c14-13(16-11-4-2-1-3-5-11)15-8-12-17-18-19-20(12)9-10-6-7-10;/h10-11H,1-9H2,(H3,14,15,16);1H. The largest absolute Gasteiger partial charge is 0.370 e. The molecule has 0 bridgehead atoms. The number of hydrogen-bond donors (Lipinski definition) is 2. The van der Waals surface area contributed by atoms with Crippen LogP contribution in [0, 0.1) is 5.92 Å². The van der Waals surface area contributed by atoms with Crippen LogP contribution in [0.5, 0.6) is 0 Å². The Morgan fingerprint density at radius 3 is 2.71 bits per heavy atom. The Kier molecular flexibility index (Phi) is 6.19. The lowest BCUT2D eigenvalue weighted by Gasteiger charge is -2.23. The summed E-state index contributed by atoms with van der Waals surface area (Å²) in [4.78, 5) is 4.37. The van der Waals surface area contributed by atoms with Crippen LogP contribution >= 0.6 is 24.0 Å². The smallest absolute Gasteiger partial charge is 0.189 e. The Morgan fingerprint density at radius 2 is 2.00 bits per heavy atom. The molecule has 2 fully saturated rings. The van der Waals surface area contributed by atoms with Gasteiger partial charge in [-0.25, -0.2) is 9.67 Å². The van der Waals surface area contributed by atoms with E-state index >= 15 is 0 Å². The van der Waals surface area contributed by atoms with Crippen LogP contribution in [0.15, 0.2) is 4.99 Å². The summed E-state index contributed by atoms with van der Waals surface area (Å²) in [5.41, 5.74) is 5.95. The van der Waals surface area contributed by atoms with Crippen LogP contribution in [0.2, 0.25) is 0 Å². The van der Waals surface area contributed by atoms with Gasteiger partial charge in [-0.15, -0.1) is 29.1 Å². The van der Waals surface area contributed by atoms with Crippen LogP contribution in [0.1, 0.15) is 50.8 Å². The summed E-state index contributed by atoms with van der Waals surface area (Å²) in [7, 11) is 0. The average Bonchev–Trinajstić information content (AvgIpc) is 3.16. The fourth-order valence-electron chi connectivity index (χ4n) is 2.68. The lowest BCUT2D eigenvalue weighted by molar-refractivity contribution is 0.412. The summed E-state index contributed by atoms with van der Waals surface area (Å²) in [6.07, 6.45) is 8.85. The fourth-order valence-corrected chi connectivity index (χ4v) is 2.68. The molecule has 0 saturated heterocycles. The van der Waals surface area contributed by atoms with Gasteiger partial charge in [-0.3, -0.25) is 0 Å². The minimum atomic E-state index is 0. The Balaban J connectivity index is 0.00000161. The Morgan fingerprint density at radius 1 is 1.24 bits per heavy atom. The number of nitrogens with two attached hydrogens (primary N) is 1. The molecule has 2 aliphatic carbocycles. The molecule has 3 N–H and O–H groups in total. The van der Waals surface area contributed by atoms with E-state index in [1.54, 1.807) is 0 Å². The Labute approximate surface area is 142 Å². The average molecular weight is 405 g/mol. The van der Waals surface area contributed by atoms with Gasteiger partial charge in [-0.05, 0) is 42.0 Å². The molecule has 21 heavy (non-hydrogen) atoms. The van der Waals surface area contributed by atoms with Gasteiger partial charge in [0.2, 0.25) is 0 Å². The lowest BCUT2D eigenvalue weighted by atomic mass is 9.96. The first-order valence-electron chi connectivity index (χ1n) is 7.63. The summed E-state index contributed by atoms with van der Waals surface area (Å²) < 4.78 is 1.86. The van der Waals surface area contributed by atoms with Crippen molar-refractivity contribution in [2.24, 2.45) is 16.6 Å². The molecule has 0 unspecified atom stereocenters. The normalized spacial score (nSPS) is 20.1. The first-order valence-corrected chi connectivity index (χ1v) is 7.63. The highest BCUT2D eigenvalue weighted by Crippen LogP contribution is 2.30. The lowest BCUT2D eigenvalue weighted by Crippen LogP contribution is -2.41. The van der Waals surface area contributed by atoms with Crippen molar-refractivity contribution in [3.8, 4) is 0 Å². The number of rotatable bonds is 5. The molecule has 1 aromatic heterocycles. The van der Waals surface area contributed by atoms with Crippen LogP contribution in [0.4, 0.5) is 0 Å². The van der Waals surface area contributed by atoms with Gasteiger partial charge in [0.15, 0.2) is 11.8 Å². The number of aromatic nitrogens is 4. The van der Waals surface area contributed by atoms with Crippen LogP contribution in [-0.4, -0.2) is 32.2 Å². The molecule has 0 aliphatic heterocycles. The van der Waals surface area contributed by atoms with E-state index in [1.165, 1.54) is 44.9 Å². The van der Waals surface area contributed by atoms with Gasteiger partial charge in [0.1, 0.15) is 6.54 Å². The monoisotopic (exact) mass is 405 g/mol. The third kappa shape index (κ3) is 5.08. The second-order valence-corrected chi connectivity index (χ2v) is 5.90. The van der Waals surface area contributed by atoms with Crippen LogP contribution in [0.3, 0.4) is 0 Å². The van der Waals surface area contributed by atoms with E-state index in [-0.39, 0.29) is 24.0 Å². The second-order valence-electron chi connectivity index (χ2n) is 5.90. The molecule has 0 amide bonds. The third-order valence-corrected chi connectivity index (χ3v) is 4.08. The van der Waals surface area contributed by atoms with Crippen molar-refractivity contribution in [1.29, 1.82) is 0 Å². The first kappa shape index (κ1) is 16.4. The summed E-state index contributed by atoms with van der Waals surface area (Å²) in [6.45, 7) is 1.36. The van der Waals surface area contributed by atoms with Crippen molar-refractivity contribution in [3.63, 3.8) is 0 Å². The molecule has 0 spiro atoms. The van der Waals surface area contributed by atoms with E-state index in [1.807, 2.05) is 4.68 Å². The summed E-state index contributed by atoms with van der Waals surface area (Å²) >= 11 is 0. The van der Waals surface area contributed by atoms with Gasteiger partial charge in [-0.1, -0.05) is 19.3 Å². The van der Waals surface area contributed by atoms with E-state index in [4.69, 9.17) is 5.73 Å². The number of tetrazole rings is 1. The van der Waals surface area contributed by atoms with Crippen LogP contribution in [-0.2, 0) is 13.1 Å². The minimum Gasteiger partial charge on any atom is -0.370 e. The molecule has 0 radical (unpaired) electrons. The predicted octanol–water partition coefficient (Wildman–Crippen LogP) is 1.44. The molecule has 1 aromatic rings. The number of guanidine groups is 1. The van der Waals surface area contributed by atoms with E-state index in [0.717, 1.165) is 18.3 Å². The van der Waals surface area contributed by atoms with Crippen molar-refractivity contribution in [3.05, 3.63) is 5.82 Å². The SMILES string of the molecule is I.NC(=NCc1nnnn1CC1CC1)NC1CCCCC1. The highest BCUT2D eigenvalue weighted by molar-refractivity contribution is 14.0. The molecule has 1 heterocycles. The zero-order chi connectivity index (χ0) is 13.8. The van der Waals surface area contributed by atoms with Gasteiger partial charge in [-0.2, -0.15) is 0 Å². The summed E-state index contributed by atoms with van der Waals surface area (Å²) in [5.74, 6) is 2.06. The summed E-state index contributed by atoms with van der Waals surface area (Å²) in [5, 5.41) is 15.1. The number of nitrogens with one attached hydrogen (secondary N) is 1. The Bertz CT molecular complexity index is 463. The van der Waals surface area contributed by atoms with E-state index in [9.17, 15) is 0 Å². The van der Waals surface area contributed by atoms with Crippen molar-refractivity contribution in [2.75, 3.05) is 0 Å². The molecule has 0 aromatic carbocycles. The maximum Gasteiger partial charge on any atom is 0.189 e. The Hall–Kier alpha value is -0.930. The zero-order valence-corrected chi connectivity index (χ0v) is 14.6. The molecule has 2 saturated carbocycles. The van der Waals surface area contributed by atoms with E-state index in [2.05, 4.69) is 25.8 Å². The van der Waals surface area contributed by atoms with Gasteiger partial charge in [0, 0.05) is 12.6 Å². The van der Waals surface area contributed by atoms with Gasteiger partial charge in [0.25, 0.3) is 0 Å². The molecular weight excluding hydrogens is 381 g/mol. The molecule has 8 heteroatoms. The molecular formula is C13H24IN7. The van der Waals surface area contributed by atoms with Gasteiger partial charge in [0.05, 0.1) is 0 Å². The molecule has 3 rings (SSSR count). The highest BCUT2D eigenvalue weighted by atomic mass is 127. The quantitative estimate of drug-likeness (QED) is 0.439. The first-order chi connectivity index (χ1) is 9.81. The van der Waals surface area contributed by atoms with E-state index < -0.39 is 0 Å². The maximum atomic E-state index is 5.95. The zero-order valence-electron chi connectivity index (χ0n) is 12.2. The number of halogens is 1. The number of hydrogen-bond acceptors (Lipinski definition) is 4.